The number of ether oxygens (including phenoxy) is 1. The topological polar surface area (TPSA) is 36.9 Å². The Labute approximate surface area is 148 Å². The lowest BCUT2D eigenvalue weighted by atomic mass is 9.97. The monoisotopic (exact) mass is 333 g/mol. The van der Waals surface area contributed by atoms with E-state index in [1.54, 1.807) is 7.11 Å². The molecule has 0 saturated heterocycles. The summed E-state index contributed by atoms with van der Waals surface area (Å²) in [6, 6.07) is 0.715. The second-order valence-corrected chi connectivity index (χ2v) is 6.74. The number of amidine groups is 1. The van der Waals surface area contributed by atoms with E-state index in [0.717, 1.165) is 25.1 Å². The van der Waals surface area contributed by atoms with Crippen LogP contribution in [0, 0.1) is 5.92 Å². The van der Waals surface area contributed by atoms with Crippen LogP contribution in [-0.2, 0) is 4.74 Å². The third-order valence-electron chi connectivity index (χ3n) is 5.07. The van der Waals surface area contributed by atoms with Gasteiger partial charge in [-0.15, -0.1) is 0 Å². The lowest BCUT2D eigenvalue weighted by Crippen LogP contribution is -2.53. The van der Waals surface area contributed by atoms with Gasteiger partial charge in [-0.1, -0.05) is 44.2 Å². The molecule has 0 aromatic rings. The predicted molar refractivity (Wildman–Crippen MR) is 104 cm³/mol. The van der Waals surface area contributed by atoms with Gasteiger partial charge >= 0.3 is 0 Å². The van der Waals surface area contributed by atoms with Crippen LogP contribution in [0.3, 0.4) is 0 Å². The van der Waals surface area contributed by atoms with Gasteiger partial charge in [0.05, 0.1) is 6.04 Å². The van der Waals surface area contributed by atoms with Crippen molar-refractivity contribution in [3.05, 3.63) is 36.6 Å². The number of hydrogen-bond acceptors (Lipinski definition) is 4. The maximum absolute atomic E-state index is 5.81. The Morgan fingerprint density at radius 1 is 1.54 bits per heavy atom. The van der Waals surface area contributed by atoms with Crippen molar-refractivity contribution in [3.63, 3.8) is 0 Å². The van der Waals surface area contributed by atoms with Gasteiger partial charge in [-0.3, -0.25) is 4.90 Å². The van der Waals surface area contributed by atoms with Gasteiger partial charge in [0.1, 0.15) is 12.1 Å². The van der Waals surface area contributed by atoms with Gasteiger partial charge in [0.2, 0.25) is 0 Å². The van der Waals surface area contributed by atoms with Crippen LogP contribution in [0.25, 0.3) is 0 Å². The zero-order valence-corrected chi connectivity index (χ0v) is 16.2. The van der Waals surface area contributed by atoms with Gasteiger partial charge in [-0.25, -0.2) is 4.99 Å². The highest BCUT2D eigenvalue weighted by atomic mass is 16.5. The van der Waals surface area contributed by atoms with Crippen molar-refractivity contribution >= 4 is 5.84 Å². The van der Waals surface area contributed by atoms with E-state index >= 15 is 0 Å². The van der Waals surface area contributed by atoms with E-state index in [1.165, 1.54) is 5.57 Å². The lowest BCUT2D eigenvalue weighted by Gasteiger charge is -2.38. The molecule has 0 aromatic heterocycles. The van der Waals surface area contributed by atoms with E-state index < -0.39 is 0 Å². The van der Waals surface area contributed by atoms with Crippen LogP contribution in [0.15, 0.2) is 41.6 Å². The van der Waals surface area contributed by atoms with Crippen molar-refractivity contribution in [1.82, 2.24) is 10.2 Å². The van der Waals surface area contributed by atoms with Gasteiger partial charge in [0.25, 0.3) is 0 Å². The van der Waals surface area contributed by atoms with Crippen molar-refractivity contribution in [2.45, 2.75) is 65.3 Å². The standard InChI is InChI=1S/C20H35N3O/c1-8-10-11-12-18(23(6)17(5)9-2)20(24-7)22-19-13-15(3)16(4)14-21-19/h8,10-11,14-15,17-18,20H,1,9,12-13H2,2-7H3,(H,21,22)/t15-,17?,18?,20?/m0/s1. The van der Waals surface area contributed by atoms with Gasteiger partial charge in [-0.2, -0.15) is 0 Å². The maximum atomic E-state index is 5.81. The molecule has 4 nitrogen and oxygen atoms in total. The van der Waals surface area contributed by atoms with E-state index in [1.807, 2.05) is 18.4 Å². The second kappa shape index (κ2) is 10.5. The quantitative estimate of drug-likeness (QED) is 0.509. The number of hydrogen-bond donors (Lipinski definition) is 1. The summed E-state index contributed by atoms with van der Waals surface area (Å²) in [6.45, 7) is 12.6. The Kier molecular flexibility index (Phi) is 9.01. The van der Waals surface area contributed by atoms with Crippen LogP contribution in [-0.4, -0.2) is 43.2 Å². The fraction of sp³-hybridized carbons (Fsp3) is 0.650. The van der Waals surface area contributed by atoms with E-state index in [0.29, 0.717) is 12.0 Å². The summed E-state index contributed by atoms with van der Waals surface area (Å²) in [7, 11) is 3.93. The Bertz CT molecular complexity index is 481. The first kappa shape index (κ1) is 20.7. The molecule has 0 aromatic carbocycles. The van der Waals surface area contributed by atoms with Crippen molar-refractivity contribution in [2.24, 2.45) is 10.9 Å². The summed E-state index contributed by atoms with van der Waals surface area (Å²) in [6.07, 6.45) is 10.8. The predicted octanol–water partition coefficient (Wildman–Crippen LogP) is 4.12. The van der Waals surface area contributed by atoms with Crippen molar-refractivity contribution in [2.75, 3.05) is 14.2 Å². The molecule has 0 fully saturated rings. The molecule has 1 aliphatic heterocycles. The number of nitrogens with zero attached hydrogens (tertiary/aromatic N) is 2. The first-order valence-electron chi connectivity index (χ1n) is 8.96. The number of rotatable bonds is 9. The summed E-state index contributed by atoms with van der Waals surface area (Å²) in [5.74, 6) is 1.53. The summed E-state index contributed by atoms with van der Waals surface area (Å²) < 4.78 is 5.81. The van der Waals surface area contributed by atoms with Crippen molar-refractivity contribution in [3.8, 4) is 0 Å². The number of methoxy groups -OCH3 is 1. The van der Waals surface area contributed by atoms with Gasteiger partial charge < -0.3 is 10.1 Å². The highest BCUT2D eigenvalue weighted by Gasteiger charge is 2.28. The molecule has 4 heteroatoms. The molecule has 1 aliphatic rings. The molecule has 0 amide bonds. The maximum Gasteiger partial charge on any atom is 0.144 e. The third kappa shape index (κ3) is 5.91. The van der Waals surface area contributed by atoms with E-state index in [-0.39, 0.29) is 12.3 Å². The van der Waals surface area contributed by atoms with Crippen LogP contribution in [0.4, 0.5) is 0 Å². The van der Waals surface area contributed by atoms with Gasteiger partial charge in [0, 0.05) is 25.8 Å². The molecule has 3 unspecified atom stereocenters. The third-order valence-corrected chi connectivity index (χ3v) is 5.07. The van der Waals surface area contributed by atoms with Crippen LogP contribution in [0.1, 0.15) is 47.0 Å². The Morgan fingerprint density at radius 2 is 2.25 bits per heavy atom. The minimum absolute atomic E-state index is 0.101. The van der Waals surface area contributed by atoms with Crippen LogP contribution in [0.2, 0.25) is 0 Å². The van der Waals surface area contributed by atoms with E-state index in [9.17, 15) is 0 Å². The molecule has 0 aliphatic carbocycles. The molecule has 1 N–H and O–H groups in total. The van der Waals surface area contributed by atoms with Crippen LogP contribution < -0.4 is 5.32 Å². The highest BCUT2D eigenvalue weighted by Crippen LogP contribution is 2.20. The van der Waals surface area contributed by atoms with Crippen LogP contribution >= 0.6 is 0 Å². The minimum atomic E-state index is -0.101. The zero-order valence-electron chi connectivity index (χ0n) is 16.2. The Morgan fingerprint density at radius 3 is 2.79 bits per heavy atom. The average molecular weight is 334 g/mol. The fourth-order valence-electron chi connectivity index (χ4n) is 2.82. The molecule has 0 saturated carbocycles. The molecule has 0 radical (unpaired) electrons. The number of aliphatic imine (C=N–C) groups is 1. The largest absolute Gasteiger partial charge is 0.360 e. The normalized spacial score (nSPS) is 22.0. The SMILES string of the molecule is C=CC=CCC(C(NC1=NC=C(C)[C@@H](C)C1)OC)N(C)C(C)CC. The first-order valence-corrected chi connectivity index (χ1v) is 8.96. The fourth-order valence-corrected chi connectivity index (χ4v) is 2.82. The Balaban J connectivity index is 2.90. The summed E-state index contributed by atoms with van der Waals surface area (Å²) in [5.41, 5.74) is 1.33. The Hall–Kier alpha value is -1.39. The molecule has 1 rings (SSSR count). The summed E-state index contributed by atoms with van der Waals surface area (Å²) >= 11 is 0. The van der Waals surface area contributed by atoms with E-state index in [2.05, 4.69) is 62.6 Å². The highest BCUT2D eigenvalue weighted by molar-refractivity contribution is 5.84. The number of allylic oxidation sites excluding steroid dienone is 3. The minimum Gasteiger partial charge on any atom is -0.360 e. The summed E-state index contributed by atoms with van der Waals surface area (Å²) in [4.78, 5) is 6.95. The molecule has 0 spiro atoms. The van der Waals surface area contributed by atoms with Crippen LogP contribution in [0.5, 0.6) is 0 Å². The molecule has 4 atom stereocenters. The molecular weight excluding hydrogens is 298 g/mol. The molecule has 24 heavy (non-hydrogen) atoms. The smallest absolute Gasteiger partial charge is 0.144 e. The molecule has 0 bridgehead atoms. The van der Waals surface area contributed by atoms with Crippen molar-refractivity contribution in [1.29, 1.82) is 0 Å². The number of nitrogens with one attached hydrogen (secondary N) is 1. The molecule has 1 heterocycles. The summed E-state index contributed by atoms with van der Waals surface area (Å²) in [5, 5.41) is 3.53. The number of likely N-dealkylation sites (N-methyl/N-ethyl adjacent to an activating group) is 1. The molecular formula is C20H35N3O. The van der Waals surface area contributed by atoms with Gasteiger partial charge in [0.15, 0.2) is 0 Å². The van der Waals surface area contributed by atoms with Crippen molar-refractivity contribution < 1.29 is 4.74 Å². The lowest BCUT2D eigenvalue weighted by molar-refractivity contribution is 0.00158. The first-order chi connectivity index (χ1) is 11.4. The zero-order chi connectivity index (χ0) is 18.1. The second-order valence-electron chi connectivity index (χ2n) is 6.74. The van der Waals surface area contributed by atoms with Gasteiger partial charge in [-0.05, 0) is 39.7 Å². The average Bonchev–Trinajstić information content (AvgIpc) is 2.59. The van der Waals surface area contributed by atoms with E-state index in [4.69, 9.17) is 4.74 Å². The molecule has 136 valence electrons.